The van der Waals surface area contributed by atoms with Gasteiger partial charge in [-0.05, 0) is 38.0 Å². The molecular weight excluding hydrogens is 256 g/mol. The highest BCUT2D eigenvalue weighted by molar-refractivity contribution is 8.00. The standard InChI is InChI=1S/C15H22N2OS/c1-15(2)11-17(9-10-19-15)14(18)8-5-12-3-6-13(16)7-4-12/h3-4,6-7H,5,8-11,16H2,1-2H3. The summed E-state index contributed by atoms with van der Waals surface area (Å²) in [6.07, 6.45) is 1.38. The summed E-state index contributed by atoms with van der Waals surface area (Å²) >= 11 is 1.95. The minimum atomic E-state index is 0.190. The number of hydrogen-bond acceptors (Lipinski definition) is 3. The van der Waals surface area contributed by atoms with Crippen molar-refractivity contribution in [2.75, 3.05) is 24.6 Å². The van der Waals surface area contributed by atoms with Gasteiger partial charge in [0, 0.05) is 35.7 Å². The molecule has 0 bridgehead atoms. The number of benzene rings is 1. The first-order valence-corrected chi connectivity index (χ1v) is 7.71. The molecule has 2 N–H and O–H groups in total. The maximum absolute atomic E-state index is 12.2. The number of aryl methyl sites for hydroxylation is 1. The maximum atomic E-state index is 12.2. The number of anilines is 1. The molecule has 4 heteroatoms. The van der Waals surface area contributed by atoms with E-state index in [0.717, 1.165) is 31.0 Å². The van der Waals surface area contributed by atoms with Gasteiger partial charge in [0.25, 0.3) is 0 Å². The lowest BCUT2D eigenvalue weighted by Crippen LogP contribution is -2.46. The van der Waals surface area contributed by atoms with Gasteiger partial charge in [-0.15, -0.1) is 0 Å². The van der Waals surface area contributed by atoms with Crippen LogP contribution >= 0.6 is 11.8 Å². The first-order chi connectivity index (χ1) is 8.96. The van der Waals surface area contributed by atoms with Crippen LogP contribution in [0, 0.1) is 0 Å². The number of thioether (sulfide) groups is 1. The summed E-state index contributed by atoms with van der Waals surface area (Å²) < 4.78 is 0.190. The van der Waals surface area contributed by atoms with Gasteiger partial charge in [-0.1, -0.05) is 12.1 Å². The van der Waals surface area contributed by atoms with Gasteiger partial charge < -0.3 is 10.6 Å². The second kappa shape index (κ2) is 5.87. The van der Waals surface area contributed by atoms with Crippen molar-refractivity contribution < 1.29 is 4.79 Å². The average molecular weight is 278 g/mol. The smallest absolute Gasteiger partial charge is 0.222 e. The van der Waals surface area contributed by atoms with Crippen molar-refractivity contribution in [3.63, 3.8) is 0 Å². The van der Waals surface area contributed by atoms with Crippen LogP contribution in [0.15, 0.2) is 24.3 Å². The molecule has 0 aromatic heterocycles. The zero-order valence-corrected chi connectivity index (χ0v) is 12.5. The Morgan fingerprint density at radius 3 is 2.68 bits per heavy atom. The van der Waals surface area contributed by atoms with Gasteiger partial charge in [0.05, 0.1) is 0 Å². The summed E-state index contributed by atoms with van der Waals surface area (Å²) in [5.41, 5.74) is 7.59. The molecule has 1 aliphatic heterocycles. The van der Waals surface area contributed by atoms with Crippen LogP contribution in [0.25, 0.3) is 0 Å². The minimum absolute atomic E-state index is 0.190. The Balaban J connectivity index is 1.85. The first kappa shape index (κ1) is 14.3. The Kier molecular flexibility index (Phi) is 4.40. The molecule has 1 fully saturated rings. The summed E-state index contributed by atoms with van der Waals surface area (Å²) in [5, 5.41) is 0. The molecule has 3 nitrogen and oxygen atoms in total. The van der Waals surface area contributed by atoms with E-state index in [2.05, 4.69) is 13.8 Å². The van der Waals surface area contributed by atoms with Crippen molar-refractivity contribution in [2.24, 2.45) is 0 Å². The second-order valence-electron chi connectivity index (χ2n) is 5.67. The number of hydrogen-bond donors (Lipinski definition) is 1. The number of carbonyl (C=O) groups is 1. The van der Waals surface area contributed by atoms with Crippen LogP contribution < -0.4 is 5.73 Å². The number of carbonyl (C=O) groups excluding carboxylic acids is 1. The maximum Gasteiger partial charge on any atom is 0.222 e. The molecule has 0 aliphatic carbocycles. The van der Waals surface area contributed by atoms with E-state index in [-0.39, 0.29) is 10.7 Å². The van der Waals surface area contributed by atoms with E-state index >= 15 is 0 Å². The average Bonchev–Trinajstić information content (AvgIpc) is 2.36. The van der Waals surface area contributed by atoms with Gasteiger partial charge >= 0.3 is 0 Å². The number of rotatable bonds is 3. The third-order valence-corrected chi connectivity index (χ3v) is 4.68. The minimum Gasteiger partial charge on any atom is -0.399 e. The summed E-state index contributed by atoms with van der Waals surface area (Å²) in [5.74, 6) is 1.31. The first-order valence-electron chi connectivity index (χ1n) is 6.72. The fraction of sp³-hybridized carbons (Fsp3) is 0.533. The van der Waals surface area contributed by atoms with Crippen molar-refractivity contribution in [2.45, 2.75) is 31.4 Å². The Morgan fingerprint density at radius 1 is 1.37 bits per heavy atom. The van der Waals surface area contributed by atoms with Crippen LogP contribution in [0.1, 0.15) is 25.8 Å². The summed E-state index contributed by atoms with van der Waals surface area (Å²) in [4.78, 5) is 14.2. The lowest BCUT2D eigenvalue weighted by molar-refractivity contribution is -0.131. The number of nitrogens with zero attached hydrogens (tertiary/aromatic N) is 1. The normalized spacial score (nSPS) is 18.3. The highest BCUT2D eigenvalue weighted by Gasteiger charge is 2.29. The van der Waals surface area contributed by atoms with Crippen molar-refractivity contribution in [1.82, 2.24) is 4.90 Å². The fourth-order valence-corrected chi connectivity index (χ4v) is 3.43. The van der Waals surface area contributed by atoms with Crippen molar-refractivity contribution in [3.8, 4) is 0 Å². The molecule has 2 rings (SSSR count). The molecule has 0 radical (unpaired) electrons. The van der Waals surface area contributed by atoms with Crippen molar-refractivity contribution in [3.05, 3.63) is 29.8 Å². The Bertz CT molecular complexity index is 442. The van der Waals surface area contributed by atoms with Gasteiger partial charge in [-0.25, -0.2) is 0 Å². The highest BCUT2D eigenvalue weighted by Crippen LogP contribution is 2.29. The van der Waals surface area contributed by atoms with Crippen molar-refractivity contribution in [1.29, 1.82) is 0 Å². The molecule has 0 unspecified atom stereocenters. The molecule has 1 saturated heterocycles. The Hall–Kier alpha value is -1.16. The van der Waals surface area contributed by atoms with Gasteiger partial charge in [-0.3, -0.25) is 4.79 Å². The van der Waals surface area contributed by atoms with E-state index < -0.39 is 0 Å². The molecule has 1 aliphatic rings. The molecule has 19 heavy (non-hydrogen) atoms. The quantitative estimate of drug-likeness (QED) is 0.864. The molecule has 0 saturated carbocycles. The molecule has 1 aromatic carbocycles. The summed E-state index contributed by atoms with van der Waals surface area (Å²) in [6.45, 7) is 6.15. The van der Waals surface area contributed by atoms with E-state index in [1.54, 1.807) is 0 Å². The number of nitrogens with two attached hydrogens (primary N) is 1. The van der Waals surface area contributed by atoms with E-state index in [9.17, 15) is 4.79 Å². The monoisotopic (exact) mass is 278 g/mol. The van der Waals surface area contributed by atoms with Gasteiger partial charge in [0.2, 0.25) is 5.91 Å². The van der Waals surface area contributed by atoms with Gasteiger partial charge in [0.1, 0.15) is 0 Å². The zero-order valence-electron chi connectivity index (χ0n) is 11.7. The fourth-order valence-electron chi connectivity index (χ4n) is 2.32. The van der Waals surface area contributed by atoms with Crippen LogP contribution in [0.3, 0.4) is 0 Å². The number of nitrogen functional groups attached to an aromatic ring is 1. The van der Waals surface area contributed by atoms with E-state index in [1.807, 2.05) is 40.9 Å². The predicted octanol–water partition coefficient (Wildman–Crippen LogP) is 2.56. The summed E-state index contributed by atoms with van der Waals surface area (Å²) in [6, 6.07) is 7.78. The lowest BCUT2D eigenvalue weighted by Gasteiger charge is -2.37. The predicted molar refractivity (Wildman–Crippen MR) is 82.3 cm³/mol. The van der Waals surface area contributed by atoms with Gasteiger partial charge in [-0.2, -0.15) is 11.8 Å². The molecular formula is C15H22N2OS. The van der Waals surface area contributed by atoms with Gasteiger partial charge in [0.15, 0.2) is 0 Å². The SMILES string of the molecule is CC1(C)CN(C(=O)CCc2ccc(N)cc2)CCS1. The summed E-state index contributed by atoms with van der Waals surface area (Å²) in [7, 11) is 0. The van der Waals surface area contributed by atoms with Crippen LogP contribution in [0.5, 0.6) is 0 Å². The molecule has 104 valence electrons. The highest BCUT2D eigenvalue weighted by atomic mass is 32.2. The topological polar surface area (TPSA) is 46.3 Å². The van der Waals surface area contributed by atoms with E-state index in [1.165, 1.54) is 5.56 Å². The zero-order chi connectivity index (χ0) is 13.9. The Morgan fingerprint density at radius 2 is 2.05 bits per heavy atom. The van der Waals surface area contributed by atoms with Crippen LogP contribution in [-0.2, 0) is 11.2 Å². The molecule has 1 aromatic rings. The largest absolute Gasteiger partial charge is 0.399 e. The van der Waals surface area contributed by atoms with E-state index in [4.69, 9.17) is 5.73 Å². The van der Waals surface area contributed by atoms with Crippen LogP contribution in [0.2, 0.25) is 0 Å². The molecule has 1 amide bonds. The van der Waals surface area contributed by atoms with Crippen molar-refractivity contribution >= 4 is 23.4 Å². The third-order valence-electron chi connectivity index (χ3n) is 3.39. The third kappa shape index (κ3) is 4.16. The molecule has 0 atom stereocenters. The second-order valence-corrected chi connectivity index (χ2v) is 7.47. The Labute approximate surface area is 119 Å². The molecule has 1 heterocycles. The van der Waals surface area contributed by atoms with E-state index in [0.29, 0.717) is 6.42 Å². The molecule has 0 spiro atoms. The lowest BCUT2D eigenvalue weighted by atomic mass is 10.1. The number of amides is 1. The van der Waals surface area contributed by atoms with Crippen LogP contribution in [0.4, 0.5) is 5.69 Å². The van der Waals surface area contributed by atoms with Crippen LogP contribution in [-0.4, -0.2) is 34.4 Å².